The summed E-state index contributed by atoms with van der Waals surface area (Å²) in [6, 6.07) is 20.8. The van der Waals surface area contributed by atoms with Gasteiger partial charge >= 0.3 is 0 Å². The first-order valence-corrected chi connectivity index (χ1v) is 12.7. The number of allylic oxidation sites excluding steroid dienone is 1. The van der Waals surface area contributed by atoms with Gasteiger partial charge < -0.3 is 18.9 Å². The Bertz CT molecular complexity index is 1380. The summed E-state index contributed by atoms with van der Waals surface area (Å²) < 4.78 is 22.0. The van der Waals surface area contributed by atoms with E-state index in [4.69, 9.17) is 24.0 Å². The van der Waals surface area contributed by atoms with E-state index in [2.05, 4.69) is 6.08 Å². The fraction of sp³-hybridized carbons (Fsp3) is 0.290. The fourth-order valence-corrected chi connectivity index (χ4v) is 5.39. The predicted molar refractivity (Wildman–Crippen MR) is 147 cm³/mol. The van der Waals surface area contributed by atoms with Gasteiger partial charge in [0.2, 0.25) is 0 Å². The molecule has 196 valence electrons. The first-order chi connectivity index (χ1) is 18.6. The highest BCUT2D eigenvalue weighted by molar-refractivity contribution is 6.09. The number of hydrazone groups is 1. The average molecular weight is 513 g/mol. The highest BCUT2D eigenvalue weighted by atomic mass is 16.5. The molecule has 1 saturated carbocycles. The van der Waals surface area contributed by atoms with Crippen molar-refractivity contribution in [1.82, 2.24) is 5.01 Å². The number of hydrogen-bond acceptors (Lipinski definition) is 6. The fourth-order valence-electron chi connectivity index (χ4n) is 5.39. The van der Waals surface area contributed by atoms with E-state index in [9.17, 15) is 4.79 Å². The molecule has 1 heterocycles. The SMILES string of the molecule is COc1ccc(/C=C2\CCCC3C2=NN(C(=O)c2ccccc2)C3c2ccc(OC)c(OC)c2)cc1OC. The zero-order chi connectivity index (χ0) is 26.6. The number of nitrogens with zero attached hydrogens (tertiary/aromatic N) is 2. The number of carbonyl (C=O) groups excluding carboxylic acids is 1. The van der Waals surface area contributed by atoms with Crippen molar-refractivity contribution in [2.75, 3.05) is 28.4 Å². The molecule has 0 saturated heterocycles. The minimum atomic E-state index is -0.258. The molecule has 2 aliphatic rings. The van der Waals surface area contributed by atoms with Crippen LogP contribution in [0, 0.1) is 5.92 Å². The summed E-state index contributed by atoms with van der Waals surface area (Å²) in [5, 5.41) is 6.66. The number of rotatable bonds is 7. The van der Waals surface area contributed by atoms with Gasteiger partial charge in [-0.1, -0.05) is 30.3 Å². The van der Waals surface area contributed by atoms with Gasteiger partial charge in [-0.05, 0) is 78.4 Å². The Balaban J connectivity index is 1.58. The van der Waals surface area contributed by atoms with Crippen LogP contribution in [0.25, 0.3) is 6.08 Å². The second-order valence-corrected chi connectivity index (χ2v) is 9.34. The second kappa shape index (κ2) is 11.0. The molecule has 0 N–H and O–H groups in total. The highest BCUT2D eigenvalue weighted by Gasteiger charge is 2.44. The third-order valence-electron chi connectivity index (χ3n) is 7.23. The number of hydrogen-bond donors (Lipinski definition) is 0. The van der Waals surface area contributed by atoms with Crippen molar-refractivity contribution in [3.63, 3.8) is 0 Å². The van der Waals surface area contributed by atoms with E-state index in [1.807, 2.05) is 66.7 Å². The molecule has 5 rings (SSSR count). The maximum absolute atomic E-state index is 13.8. The number of ether oxygens (including phenoxy) is 4. The summed E-state index contributed by atoms with van der Waals surface area (Å²) in [6.07, 6.45) is 4.96. The molecule has 2 unspecified atom stereocenters. The molecule has 0 bridgehead atoms. The molecule has 3 aromatic carbocycles. The normalized spacial score (nSPS) is 19.5. The third-order valence-corrected chi connectivity index (χ3v) is 7.23. The van der Waals surface area contributed by atoms with Gasteiger partial charge in [-0.3, -0.25) is 4.79 Å². The van der Waals surface area contributed by atoms with Crippen LogP contribution in [0.15, 0.2) is 77.4 Å². The summed E-state index contributed by atoms with van der Waals surface area (Å²) >= 11 is 0. The lowest BCUT2D eigenvalue weighted by Gasteiger charge is -2.30. The van der Waals surface area contributed by atoms with Gasteiger partial charge in [0.15, 0.2) is 23.0 Å². The molecule has 7 heteroatoms. The molecule has 2 atom stereocenters. The van der Waals surface area contributed by atoms with E-state index in [0.717, 1.165) is 41.7 Å². The van der Waals surface area contributed by atoms with Gasteiger partial charge in [0.05, 0.1) is 40.2 Å². The molecular weight excluding hydrogens is 480 g/mol. The molecule has 0 spiro atoms. The topological polar surface area (TPSA) is 69.6 Å². The average Bonchev–Trinajstić information content (AvgIpc) is 3.37. The molecule has 38 heavy (non-hydrogen) atoms. The van der Waals surface area contributed by atoms with Crippen LogP contribution in [0.4, 0.5) is 0 Å². The zero-order valence-electron chi connectivity index (χ0n) is 22.1. The van der Waals surface area contributed by atoms with Crippen LogP contribution >= 0.6 is 0 Å². The maximum atomic E-state index is 13.8. The monoisotopic (exact) mass is 512 g/mol. The predicted octanol–water partition coefficient (Wildman–Crippen LogP) is 6.16. The Hall–Kier alpha value is -4.26. The minimum Gasteiger partial charge on any atom is -0.493 e. The largest absolute Gasteiger partial charge is 0.493 e. The summed E-state index contributed by atoms with van der Waals surface area (Å²) in [7, 11) is 6.50. The molecular formula is C31H32N2O5. The van der Waals surface area contributed by atoms with Gasteiger partial charge in [0, 0.05) is 11.5 Å². The summed E-state index contributed by atoms with van der Waals surface area (Å²) in [5.74, 6) is 2.56. The van der Waals surface area contributed by atoms with Gasteiger partial charge in [0.1, 0.15) is 0 Å². The van der Waals surface area contributed by atoms with Crippen molar-refractivity contribution in [2.24, 2.45) is 11.0 Å². The number of fused-ring (bicyclic) bond motifs is 1. The minimum absolute atomic E-state index is 0.0564. The van der Waals surface area contributed by atoms with Crippen LogP contribution in [0.2, 0.25) is 0 Å². The van der Waals surface area contributed by atoms with E-state index in [1.165, 1.54) is 0 Å². The number of benzene rings is 3. The Morgan fingerprint density at radius 2 is 1.50 bits per heavy atom. The summed E-state index contributed by atoms with van der Waals surface area (Å²) in [6.45, 7) is 0. The van der Waals surface area contributed by atoms with E-state index < -0.39 is 0 Å². The molecule has 0 radical (unpaired) electrons. The molecule has 1 aliphatic heterocycles. The standard InChI is InChI=1S/C31H32N2O5/c1-35-25-15-13-20(18-27(25)37-3)17-22-11-8-12-24-29(22)32-33(31(34)21-9-6-5-7-10-21)30(24)23-14-16-26(36-2)28(19-23)38-4/h5-7,9-10,13-19,24,30H,8,11-12H2,1-4H3/b22-17+. The van der Waals surface area contributed by atoms with E-state index >= 15 is 0 Å². The second-order valence-electron chi connectivity index (χ2n) is 9.34. The van der Waals surface area contributed by atoms with Crippen molar-refractivity contribution >= 4 is 17.7 Å². The van der Waals surface area contributed by atoms with Crippen molar-refractivity contribution in [3.05, 3.63) is 89.0 Å². The first-order valence-electron chi connectivity index (χ1n) is 12.7. The van der Waals surface area contributed by atoms with Crippen LogP contribution in [-0.2, 0) is 0 Å². The van der Waals surface area contributed by atoms with Crippen LogP contribution < -0.4 is 18.9 Å². The number of amides is 1. The van der Waals surface area contributed by atoms with Crippen LogP contribution in [0.1, 0.15) is 46.8 Å². The van der Waals surface area contributed by atoms with Crippen molar-refractivity contribution < 1.29 is 23.7 Å². The molecule has 7 nitrogen and oxygen atoms in total. The lowest BCUT2D eigenvalue weighted by Crippen LogP contribution is -2.32. The lowest BCUT2D eigenvalue weighted by molar-refractivity contribution is 0.0680. The summed E-state index contributed by atoms with van der Waals surface area (Å²) in [4.78, 5) is 13.8. The maximum Gasteiger partial charge on any atom is 0.274 e. The van der Waals surface area contributed by atoms with Crippen LogP contribution in [-0.4, -0.2) is 45.1 Å². The van der Waals surface area contributed by atoms with E-state index in [1.54, 1.807) is 33.4 Å². The van der Waals surface area contributed by atoms with E-state index in [-0.39, 0.29) is 17.9 Å². The van der Waals surface area contributed by atoms with E-state index in [0.29, 0.717) is 28.6 Å². The summed E-state index contributed by atoms with van der Waals surface area (Å²) in [5.41, 5.74) is 4.64. The van der Waals surface area contributed by atoms with Crippen molar-refractivity contribution in [3.8, 4) is 23.0 Å². The number of methoxy groups -OCH3 is 4. The first kappa shape index (κ1) is 25.4. The molecule has 1 aliphatic carbocycles. The van der Waals surface area contributed by atoms with Gasteiger partial charge in [-0.25, -0.2) is 5.01 Å². The lowest BCUT2D eigenvalue weighted by atomic mass is 9.77. The Morgan fingerprint density at radius 3 is 2.18 bits per heavy atom. The third kappa shape index (κ3) is 4.72. The van der Waals surface area contributed by atoms with Gasteiger partial charge in [0.25, 0.3) is 5.91 Å². The van der Waals surface area contributed by atoms with Crippen molar-refractivity contribution in [1.29, 1.82) is 0 Å². The van der Waals surface area contributed by atoms with Gasteiger partial charge in [-0.2, -0.15) is 5.10 Å². The Morgan fingerprint density at radius 1 is 0.842 bits per heavy atom. The zero-order valence-corrected chi connectivity index (χ0v) is 22.1. The van der Waals surface area contributed by atoms with Crippen LogP contribution in [0.3, 0.4) is 0 Å². The quantitative estimate of drug-likeness (QED) is 0.379. The number of carbonyl (C=O) groups is 1. The molecule has 0 aromatic heterocycles. The van der Waals surface area contributed by atoms with Crippen molar-refractivity contribution in [2.45, 2.75) is 25.3 Å². The molecule has 1 amide bonds. The van der Waals surface area contributed by atoms with Crippen LogP contribution in [0.5, 0.6) is 23.0 Å². The Kier molecular flexibility index (Phi) is 7.36. The van der Waals surface area contributed by atoms with Gasteiger partial charge in [-0.15, -0.1) is 0 Å². The molecule has 3 aromatic rings. The Labute approximate surface area is 223 Å². The smallest absolute Gasteiger partial charge is 0.274 e. The molecule has 1 fully saturated rings. The highest BCUT2D eigenvalue weighted by Crippen LogP contribution is 2.46.